The van der Waals surface area contributed by atoms with Gasteiger partial charge in [-0.15, -0.1) is 0 Å². The van der Waals surface area contributed by atoms with Crippen molar-refractivity contribution >= 4 is 11.8 Å². The lowest BCUT2D eigenvalue weighted by Gasteiger charge is -2.22. The topological polar surface area (TPSA) is 49.9 Å². The van der Waals surface area contributed by atoms with E-state index < -0.39 is 0 Å². The van der Waals surface area contributed by atoms with E-state index in [1.165, 1.54) is 0 Å². The molecule has 2 saturated heterocycles. The summed E-state index contributed by atoms with van der Waals surface area (Å²) in [5.41, 5.74) is 1.00. The monoisotopic (exact) mass is 302 g/mol. The van der Waals surface area contributed by atoms with E-state index in [4.69, 9.17) is 4.74 Å². The molecule has 0 aliphatic carbocycles. The van der Waals surface area contributed by atoms with Gasteiger partial charge in [-0.2, -0.15) is 0 Å². The minimum Gasteiger partial charge on any atom is -0.375 e. The average Bonchev–Trinajstić information content (AvgIpc) is 3.09. The quantitative estimate of drug-likeness (QED) is 0.835. The zero-order chi connectivity index (χ0) is 15.7. The largest absolute Gasteiger partial charge is 0.375 e. The molecule has 0 aromatic heterocycles. The van der Waals surface area contributed by atoms with Crippen LogP contribution in [-0.4, -0.2) is 61.0 Å². The highest BCUT2D eigenvalue weighted by atomic mass is 16.5. The van der Waals surface area contributed by atoms with Gasteiger partial charge in [-0.3, -0.25) is 9.59 Å². The van der Waals surface area contributed by atoms with E-state index in [2.05, 4.69) is 0 Å². The SMILES string of the molecule is CN(C)C(=O)[C@H]1CN(C(=O)Cc2ccccc2)[C@@H]2CCO[C@H]12. The van der Waals surface area contributed by atoms with Gasteiger partial charge in [0.05, 0.1) is 24.5 Å². The summed E-state index contributed by atoms with van der Waals surface area (Å²) in [4.78, 5) is 28.4. The number of hydrogen-bond donors (Lipinski definition) is 0. The second-order valence-electron chi connectivity index (χ2n) is 6.24. The third kappa shape index (κ3) is 2.73. The van der Waals surface area contributed by atoms with Crippen LogP contribution in [0.1, 0.15) is 12.0 Å². The number of rotatable bonds is 3. The predicted molar refractivity (Wildman–Crippen MR) is 82.2 cm³/mol. The van der Waals surface area contributed by atoms with E-state index in [0.29, 0.717) is 19.6 Å². The highest BCUT2D eigenvalue weighted by Gasteiger charge is 2.50. The molecule has 5 heteroatoms. The molecular formula is C17H22N2O3. The van der Waals surface area contributed by atoms with E-state index in [-0.39, 0.29) is 29.9 Å². The number of carbonyl (C=O) groups is 2. The number of fused-ring (bicyclic) bond motifs is 1. The van der Waals surface area contributed by atoms with Crippen molar-refractivity contribution in [3.05, 3.63) is 35.9 Å². The number of benzene rings is 1. The van der Waals surface area contributed by atoms with Crippen LogP contribution in [-0.2, 0) is 20.7 Å². The second-order valence-corrected chi connectivity index (χ2v) is 6.24. The minimum absolute atomic E-state index is 0.0464. The zero-order valence-electron chi connectivity index (χ0n) is 13.1. The molecule has 0 bridgehead atoms. The van der Waals surface area contributed by atoms with Gasteiger partial charge in [0, 0.05) is 27.2 Å². The molecule has 5 nitrogen and oxygen atoms in total. The van der Waals surface area contributed by atoms with Crippen molar-refractivity contribution in [3.63, 3.8) is 0 Å². The first kappa shape index (κ1) is 15.0. The number of ether oxygens (including phenoxy) is 1. The van der Waals surface area contributed by atoms with E-state index >= 15 is 0 Å². The molecular weight excluding hydrogens is 280 g/mol. The molecule has 0 N–H and O–H groups in total. The Kier molecular flexibility index (Phi) is 4.16. The second kappa shape index (κ2) is 6.08. The maximum Gasteiger partial charge on any atom is 0.229 e. The van der Waals surface area contributed by atoms with Crippen molar-refractivity contribution in [2.45, 2.75) is 25.0 Å². The minimum atomic E-state index is -0.234. The van der Waals surface area contributed by atoms with Crippen molar-refractivity contribution in [1.82, 2.24) is 9.80 Å². The van der Waals surface area contributed by atoms with Gasteiger partial charge in [-0.05, 0) is 12.0 Å². The molecule has 0 unspecified atom stereocenters. The summed E-state index contributed by atoms with van der Waals surface area (Å²) in [6.07, 6.45) is 1.06. The van der Waals surface area contributed by atoms with Gasteiger partial charge >= 0.3 is 0 Å². The molecule has 0 spiro atoms. The van der Waals surface area contributed by atoms with Crippen LogP contribution < -0.4 is 0 Å². The molecule has 2 aliphatic rings. The van der Waals surface area contributed by atoms with Crippen molar-refractivity contribution in [3.8, 4) is 0 Å². The lowest BCUT2D eigenvalue weighted by Crippen LogP contribution is -2.38. The van der Waals surface area contributed by atoms with Crippen molar-refractivity contribution in [2.75, 3.05) is 27.2 Å². The lowest BCUT2D eigenvalue weighted by molar-refractivity contribution is -0.135. The standard InChI is InChI=1S/C17H22N2O3/c1-18(2)17(21)13-11-19(14-8-9-22-16(13)14)15(20)10-12-6-4-3-5-7-12/h3-7,13-14,16H,8-11H2,1-2H3/t13-,14+,16+/m0/s1. The molecule has 118 valence electrons. The lowest BCUT2D eigenvalue weighted by atomic mass is 10.0. The predicted octanol–water partition coefficient (Wildman–Crippen LogP) is 0.933. The van der Waals surface area contributed by atoms with E-state index in [9.17, 15) is 9.59 Å². The molecule has 22 heavy (non-hydrogen) atoms. The van der Waals surface area contributed by atoms with Crippen LogP contribution in [0.25, 0.3) is 0 Å². The average molecular weight is 302 g/mol. The number of carbonyl (C=O) groups excluding carboxylic acids is 2. The van der Waals surface area contributed by atoms with Gasteiger partial charge in [-0.1, -0.05) is 30.3 Å². The Morgan fingerprint density at radius 3 is 2.68 bits per heavy atom. The highest BCUT2D eigenvalue weighted by molar-refractivity contribution is 5.84. The Labute approximate surface area is 130 Å². The van der Waals surface area contributed by atoms with Crippen LogP contribution in [0.15, 0.2) is 30.3 Å². The summed E-state index contributed by atoms with van der Waals surface area (Å²) in [7, 11) is 3.50. The number of likely N-dealkylation sites (tertiary alicyclic amines) is 1. The van der Waals surface area contributed by atoms with Crippen LogP contribution >= 0.6 is 0 Å². The van der Waals surface area contributed by atoms with Gasteiger partial charge in [0.25, 0.3) is 0 Å². The first-order valence-corrected chi connectivity index (χ1v) is 7.74. The van der Waals surface area contributed by atoms with Gasteiger partial charge in [0.2, 0.25) is 11.8 Å². The summed E-state index contributed by atoms with van der Waals surface area (Å²) in [6, 6.07) is 9.78. The summed E-state index contributed by atoms with van der Waals surface area (Å²) in [5, 5.41) is 0. The van der Waals surface area contributed by atoms with Crippen molar-refractivity contribution < 1.29 is 14.3 Å². The zero-order valence-corrected chi connectivity index (χ0v) is 13.1. The van der Waals surface area contributed by atoms with Crippen LogP contribution in [0.4, 0.5) is 0 Å². The van der Waals surface area contributed by atoms with E-state index in [1.54, 1.807) is 19.0 Å². The van der Waals surface area contributed by atoms with Crippen molar-refractivity contribution in [2.24, 2.45) is 5.92 Å². The Bertz CT molecular complexity index is 558. The summed E-state index contributed by atoms with van der Waals surface area (Å²) < 4.78 is 5.75. The van der Waals surface area contributed by atoms with Crippen LogP contribution in [0, 0.1) is 5.92 Å². The molecule has 0 saturated carbocycles. The Morgan fingerprint density at radius 1 is 1.27 bits per heavy atom. The van der Waals surface area contributed by atoms with Crippen LogP contribution in [0.3, 0.4) is 0 Å². The fourth-order valence-electron chi connectivity index (χ4n) is 3.48. The van der Waals surface area contributed by atoms with Gasteiger partial charge in [-0.25, -0.2) is 0 Å². The van der Waals surface area contributed by atoms with Crippen LogP contribution in [0.2, 0.25) is 0 Å². The highest BCUT2D eigenvalue weighted by Crippen LogP contribution is 2.34. The molecule has 2 aliphatic heterocycles. The fourth-order valence-corrected chi connectivity index (χ4v) is 3.48. The fraction of sp³-hybridized carbons (Fsp3) is 0.529. The third-order valence-corrected chi connectivity index (χ3v) is 4.57. The molecule has 2 heterocycles. The molecule has 3 atom stereocenters. The maximum atomic E-state index is 12.6. The van der Waals surface area contributed by atoms with E-state index in [1.807, 2.05) is 35.2 Å². The Morgan fingerprint density at radius 2 is 2.00 bits per heavy atom. The molecule has 3 rings (SSSR count). The maximum absolute atomic E-state index is 12.6. The smallest absolute Gasteiger partial charge is 0.229 e. The van der Waals surface area contributed by atoms with Gasteiger partial charge < -0.3 is 14.5 Å². The summed E-state index contributed by atoms with van der Waals surface area (Å²) in [6.45, 7) is 1.10. The molecule has 0 radical (unpaired) electrons. The number of amides is 2. The Hall–Kier alpha value is -1.88. The van der Waals surface area contributed by atoms with Crippen molar-refractivity contribution in [1.29, 1.82) is 0 Å². The first-order valence-electron chi connectivity index (χ1n) is 7.74. The number of nitrogens with zero attached hydrogens (tertiary/aromatic N) is 2. The van der Waals surface area contributed by atoms with Crippen LogP contribution in [0.5, 0.6) is 0 Å². The van der Waals surface area contributed by atoms with E-state index in [0.717, 1.165) is 12.0 Å². The molecule has 2 amide bonds. The molecule has 1 aromatic rings. The summed E-state index contributed by atoms with van der Waals surface area (Å²) >= 11 is 0. The number of hydrogen-bond acceptors (Lipinski definition) is 3. The first-order chi connectivity index (χ1) is 10.6. The van der Waals surface area contributed by atoms with Gasteiger partial charge in [0.1, 0.15) is 0 Å². The third-order valence-electron chi connectivity index (χ3n) is 4.57. The van der Waals surface area contributed by atoms with Gasteiger partial charge in [0.15, 0.2) is 0 Å². The molecule has 2 fully saturated rings. The Balaban J connectivity index is 1.74. The normalized spacial score (nSPS) is 26.8. The molecule has 1 aromatic carbocycles. The summed E-state index contributed by atoms with van der Waals surface area (Å²) in [5.74, 6) is -0.102.